The van der Waals surface area contributed by atoms with Gasteiger partial charge in [-0.25, -0.2) is 4.39 Å². The molecule has 1 aliphatic heterocycles. The lowest BCUT2D eigenvalue weighted by Gasteiger charge is -2.22. The van der Waals surface area contributed by atoms with E-state index >= 15 is 0 Å². The molecule has 1 saturated carbocycles. The number of fused-ring (bicyclic) bond motifs is 1. The number of likely N-dealkylation sites (N-methyl/N-ethyl adjacent to an activating group) is 1. The van der Waals surface area contributed by atoms with E-state index in [1.165, 1.54) is 6.07 Å². The molecule has 1 aliphatic carbocycles. The lowest BCUT2D eigenvalue weighted by molar-refractivity contribution is -0.130. The van der Waals surface area contributed by atoms with E-state index < -0.39 is 17.5 Å². The van der Waals surface area contributed by atoms with Crippen LogP contribution in [0.5, 0.6) is 0 Å². The number of ketones is 1. The van der Waals surface area contributed by atoms with Crippen molar-refractivity contribution in [2.24, 2.45) is 0 Å². The van der Waals surface area contributed by atoms with Crippen LogP contribution < -0.4 is 4.90 Å². The summed E-state index contributed by atoms with van der Waals surface area (Å²) in [4.78, 5) is 38.9. The van der Waals surface area contributed by atoms with Gasteiger partial charge in [-0.15, -0.1) is 0 Å². The highest BCUT2D eigenvalue weighted by molar-refractivity contribution is 6.52. The van der Waals surface area contributed by atoms with Crippen molar-refractivity contribution in [3.05, 3.63) is 29.1 Å². The average molecular weight is 290 g/mol. The third kappa shape index (κ3) is 2.20. The highest BCUT2D eigenvalue weighted by Crippen LogP contribution is 2.33. The van der Waals surface area contributed by atoms with Crippen LogP contribution in [0, 0.1) is 12.7 Å². The highest BCUT2D eigenvalue weighted by Gasteiger charge is 2.40. The maximum absolute atomic E-state index is 13.4. The largest absolute Gasteiger partial charge is 0.341 e. The van der Waals surface area contributed by atoms with E-state index in [0.29, 0.717) is 11.3 Å². The number of nitrogens with zero attached hydrogens (tertiary/aromatic N) is 2. The molecular weight excluding hydrogens is 275 g/mol. The average Bonchev–Trinajstić information content (AvgIpc) is 3.23. The molecule has 5 nitrogen and oxygen atoms in total. The monoisotopic (exact) mass is 290 g/mol. The molecule has 1 fully saturated rings. The van der Waals surface area contributed by atoms with Gasteiger partial charge in [-0.05, 0) is 37.5 Å². The first-order chi connectivity index (χ1) is 9.90. The lowest BCUT2D eigenvalue weighted by Crippen LogP contribution is -2.41. The molecule has 0 unspecified atom stereocenters. The number of rotatable bonds is 3. The number of benzene rings is 1. The lowest BCUT2D eigenvalue weighted by atomic mass is 10.1. The molecule has 6 heteroatoms. The van der Waals surface area contributed by atoms with Crippen LogP contribution in [0.3, 0.4) is 0 Å². The van der Waals surface area contributed by atoms with Crippen molar-refractivity contribution >= 4 is 23.3 Å². The minimum atomic E-state index is -0.767. The third-order valence-electron chi connectivity index (χ3n) is 4.00. The summed E-state index contributed by atoms with van der Waals surface area (Å²) in [6, 6.07) is 2.55. The van der Waals surface area contributed by atoms with Gasteiger partial charge < -0.3 is 4.90 Å². The van der Waals surface area contributed by atoms with Gasteiger partial charge in [0.05, 0.1) is 11.3 Å². The Bertz CT molecular complexity index is 667. The minimum absolute atomic E-state index is 0.0411. The number of carbonyl (C=O) groups excluding carboxylic acids is 3. The summed E-state index contributed by atoms with van der Waals surface area (Å²) in [6.45, 7) is 1.44. The Labute approximate surface area is 121 Å². The number of carbonyl (C=O) groups is 3. The SMILES string of the molecule is Cc1cc(F)cc2c1N(CC(=O)N(C)C1CC1)C(=O)C2=O. The Morgan fingerprint density at radius 2 is 2.05 bits per heavy atom. The van der Waals surface area contributed by atoms with Crippen molar-refractivity contribution in [1.82, 2.24) is 4.90 Å². The topological polar surface area (TPSA) is 57.7 Å². The van der Waals surface area contributed by atoms with Crippen LogP contribution in [0.25, 0.3) is 0 Å². The standard InChI is InChI=1S/C15H15FN2O3/c1-8-5-9(16)6-11-13(8)18(15(21)14(11)20)7-12(19)17(2)10-3-4-10/h5-6,10H,3-4,7H2,1-2H3. The van der Waals surface area contributed by atoms with Crippen LogP contribution in [0.15, 0.2) is 12.1 Å². The fourth-order valence-electron chi connectivity index (χ4n) is 2.67. The summed E-state index contributed by atoms with van der Waals surface area (Å²) in [5.41, 5.74) is 0.870. The van der Waals surface area contributed by atoms with E-state index in [1.807, 2.05) is 0 Å². The Hall–Kier alpha value is -2.24. The van der Waals surface area contributed by atoms with E-state index in [9.17, 15) is 18.8 Å². The van der Waals surface area contributed by atoms with E-state index in [4.69, 9.17) is 0 Å². The Morgan fingerprint density at radius 3 is 2.67 bits per heavy atom. The van der Waals surface area contributed by atoms with Crippen molar-refractivity contribution in [2.45, 2.75) is 25.8 Å². The summed E-state index contributed by atoms with van der Waals surface area (Å²) in [6.07, 6.45) is 1.94. The maximum atomic E-state index is 13.4. The van der Waals surface area contributed by atoms with Crippen LogP contribution in [0.2, 0.25) is 0 Å². The molecule has 2 amide bonds. The number of anilines is 1. The van der Waals surface area contributed by atoms with Gasteiger partial charge in [0.15, 0.2) is 0 Å². The van der Waals surface area contributed by atoms with Gasteiger partial charge in [0, 0.05) is 13.1 Å². The fourth-order valence-corrected chi connectivity index (χ4v) is 2.67. The summed E-state index contributed by atoms with van der Waals surface area (Å²) >= 11 is 0. The predicted octanol–water partition coefficient (Wildman–Crippen LogP) is 1.28. The molecule has 0 N–H and O–H groups in total. The quantitative estimate of drug-likeness (QED) is 0.788. The normalized spacial score (nSPS) is 17.2. The Balaban J connectivity index is 1.92. The summed E-state index contributed by atoms with van der Waals surface area (Å²) < 4.78 is 13.4. The van der Waals surface area contributed by atoms with Gasteiger partial charge in [-0.3, -0.25) is 19.3 Å². The van der Waals surface area contributed by atoms with E-state index in [-0.39, 0.29) is 24.1 Å². The molecule has 1 heterocycles. The molecule has 21 heavy (non-hydrogen) atoms. The molecule has 0 aromatic heterocycles. The molecule has 2 aliphatic rings. The minimum Gasteiger partial charge on any atom is -0.341 e. The van der Waals surface area contributed by atoms with Crippen LogP contribution in [-0.2, 0) is 9.59 Å². The van der Waals surface area contributed by atoms with E-state index in [0.717, 1.165) is 23.8 Å². The zero-order chi connectivity index (χ0) is 15.3. The predicted molar refractivity (Wildman–Crippen MR) is 73.6 cm³/mol. The molecule has 0 spiro atoms. The maximum Gasteiger partial charge on any atom is 0.299 e. The molecule has 110 valence electrons. The van der Waals surface area contributed by atoms with Crippen LogP contribution in [0.4, 0.5) is 10.1 Å². The molecule has 0 radical (unpaired) electrons. The first kappa shape index (κ1) is 13.7. The number of hydrogen-bond donors (Lipinski definition) is 0. The Kier molecular flexibility index (Phi) is 3.04. The highest BCUT2D eigenvalue weighted by atomic mass is 19.1. The second kappa shape index (κ2) is 4.65. The zero-order valence-corrected chi connectivity index (χ0v) is 11.9. The zero-order valence-electron chi connectivity index (χ0n) is 11.9. The molecular formula is C15H15FN2O3. The van der Waals surface area contributed by atoms with Gasteiger partial charge in [0.1, 0.15) is 12.4 Å². The second-order valence-corrected chi connectivity index (χ2v) is 5.58. The van der Waals surface area contributed by atoms with Gasteiger partial charge in [-0.2, -0.15) is 0 Å². The number of hydrogen-bond acceptors (Lipinski definition) is 3. The van der Waals surface area contributed by atoms with Gasteiger partial charge in [-0.1, -0.05) is 0 Å². The summed E-state index contributed by atoms with van der Waals surface area (Å²) in [7, 11) is 1.70. The molecule has 0 saturated heterocycles. The van der Waals surface area contributed by atoms with Crippen LogP contribution >= 0.6 is 0 Å². The van der Waals surface area contributed by atoms with Gasteiger partial charge in [0.2, 0.25) is 5.91 Å². The smallest absolute Gasteiger partial charge is 0.299 e. The van der Waals surface area contributed by atoms with Crippen molar-refractivity contribution in [3.8, 4) is 0 Å². The number of aryl methyl sites for hydroxylation is 1. The first-order valence-corrected chi connectivity index (χ1v) is 6.82. The Morgan fingerprint density at radius 1 is 1.38 bits per heavy atom. The van der Waals surface area contributed by atoms with E-state index in [2.05, 4.69) is 0 Å². The van der Waals surface area contributed by atoms with Gasteiger partial charge in [0.25, 0.3) is 11.7 Å². The van der Waals surface area contributed by atoms with Crippen molar-refractivity contribution in [1.29, 1.82) is 0 Å². The molecule has 0 bridgehead atoms. The molecule has 0 atom stereocenters. The number of amides is 2. The molecule has 1 aromatic carbocycles. The van der Waals surface area contributed by atoms with Gasteiger partial charge >= 0.3 is 0 Å². The second-order valence-electron chi connectivity index (χ2n) is 5.58. The first-order valence-electron chi connectivity index (χ1n) is 6.82. The van der Waals surface area contributed by atoms with Crippen LogP contribution in [0.1, 0.15) is 28.8 Å². The molecule has 3 rings (SSSR count). The number of halogens is 1. The fraction of sp³-hybridized carbons (Fsp3) is 0.400. The van der Waals surface area contributed by atoms with Crippen molar-refractivity contribution < 1.29 is 18.8 Å². The van der Waals surface area contributed by atoms with Crippen molar-refractivity contribution in [2.75, 3.05) is 18.5 Å². The summed E-state index contributed by atoms with van der Waals surface area (Å²) in [5.74, 6) is -2.29. The van der Waals surface area contributed by atoms with Crippen molar-refractivity contribution in [3.63, 3.8) is 0 Å². The van der Waals surface area contributed by atoms with Crippen LogP contribution in [-0.4, -0.2) is 42.1 Å². The molecule has 1 aromatic rings. The number of Topliss-reactive ketones (excluding diaryl/α,β-unsaturated/α-hetero) is 1. The van der Waals surface area contributed by atoms with E-state index in [1.54, 1.807) is 18.9 Å². The summed E-state index contributed by atoms with van der Waals surface area (Å²) in [5, 5.41) is 0. The third-order valence-corrected chi connectivity index (χ3v) is 4.00.